The largest absolute Gasteiger partial charge is 0.312 e. The standard InChI is InChI=1S/C6H15N.B/c1-5(2)7-6(3)4;/h5-7H,1-4H3;. The van der Waals surface area contributed by atoms with Gasteiger partial charge in [0.25, 0.3) is 0 Å². The molecule has 0 saturated carbocycles. The summed E-state index contributed by atoms with van der Waals surface area (Å²) < 4.78 is 0. The van der Waals surface area contributed by atoms with Crippen LogP contribution in [-0.4, -0.2) is 20.5 Å². The van der Waals surface area contributed by atoms with E-state index in [-0.39, 0.29) is 8.41 Å². The van der Waals surface area contributed by atoms with Crippen LogP contribution in [0.2, 0.25) is 0 Å². The average Bonchev–Trinajstić information content (AvgIpc) is 1.27. The van der Waals surface area contributed by atoms with Crippen molar-refractivity contribution in [3.8, 4) is 0 Å². The fourth-order valence-electron chi connectivity index (χ4n) is 0.667. The smallest absolute Gasteiger partial charge is 0.00127 e. The Morgan fingerprint density at radius 1 is 0.875 bits per heavy atom. The van der Waals surface area contributed by atoms with E-state index in [0.717, 1.165) is 0 Å². The first-order valence-electron chi connectivity index (χ1n) is 2.89. The molecule has 0 aliphatic heterocycles. The van der Waals surface area contributed by atoms with E-state index in [4.69, 9.17) is 0 Å². The van der Waals surface area contributed by atoms with Crippen LogP contribution in [0.15, 0.2) is 0 Å². The topological polar surface area (TPSA) is 12.0 Å². The molecule has 0 aromatic rings. The summed E-state index contributed by atoms with van der Waals surface area (Å²) >= 11 is 0. The van der Waals surface area contributed by atoms with Crippen molar-refractivity contribution in [3.05, 3.63) is 0 Å². The number of hydrogen-bond acceptors (Lipinski definition) is 1. The van der Waals surface area contributed by atoms with Crippen molar-refractivity contribution in [1.29, 1.82) is 0 Å². The Kier molecular flexibility index (Phi) is 7.05. The summed E-state index contributed by atoms with van der Waals surface area (Å²) in [5, 5.41) is 3.31. The van der Waals surface area contributed by atoms with Gasteiger partial charge < -0.3 is 5.32 Å². The van der Waals surface area contributed by atoms with E-state index in [2.05, 4.69) is 33.0 Å². The van der Waals surface area contributed by atoms with Gasteiger partial charge in [0.05, 0.1) is 0 Å². The molecule has 0 unspecified atom stereocenters. The van der Waals surface area contributed by atoms with Gasteiger partial charge in [0.15, 0.2) is 0 Å². The van der Waals surface area contributed by atoms with Crippen molar-refractivity contribution in [2.75, 3.05) is 0 Å². The lowest BCUT2D eigenvalue weighted by molar-refractivity contribution is 0.518. The molecule has 0 aliphatic rings. The lowest BCUT2D eigenvalue weighted by Gasteiger charge is -2.10. The first-order chi connectivity index (χ1) is 3.13. The second-order valence-corrected chi connectivity index (χ2v) is 2.48. The molecule has 0 heterocycles. The van der Waals surface area contributed by atoms with Crippen LogP contribution in [0.5, 0.6) is 0 Å². The van der Waals surface area contributed by atoms with Crippen LogP contribution in [0, 0.1) is 0 Å². The third-order valence-corrected chi connectivity index (χ3v) is 0.667. The molecule has 0 bridgehead atoms. The van der Waals surface area contributed by atoms with Gasteiger partial charge in [-0.25, -0.2) is 0 Å². The molecule has 0 fully saturated rings. The van der Waals surface area contributed by atoms with Gasteiger partial charge in [-0.05, 0) is 0 Å². The normalized spacial score (nSPS) is 9.75. The first kappa shape index (κ1) is 10.9. The van der Waals surface area contributed by atoms with Crippen LogP contribution >= 0.6 is 0 Å². The van der Waals surface area contributed by atoms with E-state index in [9.17, 15) is 0 Å². The van der Waals surface area contributed by atoms with Crippen molar-refractivity contribution >= 4 is 8.41 Å². The van der Waals surface area contributed by atoms with Gasteiger partial charge in [0.2, 0.25) is 0 Å². The lowest BCUT2D eigenvalue weighted by Crippen LogP contribution is -2.29. The third-order valence-electron chi connectivity index (χ3n) is 0.667. The number of rotatable bonds is 2. The monoisotopic (exact) mass is 112 g/mol. The van der Waals surface area contributed by atoms with E-state index < -0.39 is 0 Å². The van der Waals surface area contributed by atoms with Gasteiger partial charge >= 0.3 is 0 Å². The summed E-state index contributed by atoms with van der Waals surface area (Å²) in [5.41, 5.74) is 0. The van der Waals surface area contributed by atoms with Crippen molar-refractivity contribution in [3.63, 3.8) is 0 Å². The molecule has 3 radical (unpaired) electrons. The second kappa shape index (κ2) is 5.17. The van der Waals surface area contributed by atoms with Gasteiger partial charge in [-0.15, -0.1) is 0 Å². The molecule has 1 N–H and O–H groups in total. The zero-order valence-corrected chi connectivity index (χ0v) is 6.23. The number of nitrogens with one attached hydrogen (secondary N) is 1. The minimum absolute atomic E-state index is 0. The van der Waals surface area contributed by atoms with Gasteiger partial charge in [-0.2, -0.15) is 0 Å². The van der Waals surface area contributed by atoms with Crippen LogP contribution in [0.1, 0.15) is 27.7 Å². The highest BCUT2D eigenvalue weighted by Gasteiger charge is 1.92. The summed E-state index contributed by atoms with van der Waals surface area (Å²) in [7, 11) is 0. The minimum atomic E-state index is 0. The SMILES string of the molecule is CC(C)NC(C)C.[B]. The maximum Gasteiger partial charge on any atom is 0.00127 e. The minimum Gasteiger partial charge on any atom is -0.312 e. The van der Waals surface area contributed by atoms with Gasteiger partial charge in [0, 0.05) is 20.5 Å². The Balaban J connectivity index is 0. The summed E-state index contributed by atoms with van der Waals surface area (Å²) in [6.07, 6.45) is 0. The van der Waals surface area contributed by atoms with Crippen LogP contribution in [0.4, 0.5) is 0 Å². The van der Waals surface area contributed by atoms with E-state index in [1.54, 1.807) is 0 Å². The van der Waals surface area contributed by atoms with Gasteiger partial charge in [0.1, 0.15) is 0 Å². The molecular formula is C6H15BN. The Morgan fingerprint density at radius 3 is 1.12 bits per heavy atom. The molecule has 0 amide bonds. The summed E-state index contributed by atoms with van der Waals surface area (Å²) in [6, 6.07) is 1.25. The van der Waals surface area contributed by atoms with E-state index >= 15 is 0 Å². The van der Waals surface area contributed by atoms with Crippen LogP contribution in [0.25, 0.3) is 0 Å². The molecule has 2 heteroatoms. The zero-order chi connectivity index (χ0) is 5.86. The Bertz CT molecular complexity index is 37.8. The quantitative estimate of drug-likeness (QED) is 0.525. The maximum absolute atomic E-state index is 3.31. The molecule has 1 nitrogen and oxygen atoms in total. The average molecular weight is 112 g/mol. The molecule has 0 rings (SSSR count). The van der Waals surface area contributed by atoms with Crippen LogP contribution in [-0.2, 0) is 0 Å². The van der Waals surface area contributed by atoms with Gasteiger partial charge in [-0.3, -0.25) is 0 Å². The molecule has 0 aromatic carbocycles. The third kappa shape index (κ3) is 9.39. The zero-order valence-electron chi connectivity index (χ0n) is 6.23. The highest BCUT2D eigenvalue weighted by molar-refractivity contribution is 5.75. The van der Waals surface area contributed by atoms with Crippen molar-refractivity contribution < 1.29 is 0 Å². The van der Waals surface area contributed by atoms with Crippen molar-refractivity contribution in [2.24, 2.45) is 0 Å². The Labute approximate surface area is 54.4 Å². The Morgan fingerprint density at radius 2 is 1.12 bits per heavy atom. The molecule has 0 spiro atoms. The van der Waals surface area contributed by atoms with Gasteiger partial charge in [-0.1, -0.05) is 27.7 Å². The molecule has 0 aromatic heterocycles. The maximum atomic E-state index is 3.31. The Hall–Kier alpha value is 0.0249. The molecule has 0 aliphatic carbocycles. The predicted molar refractivity (Wildman–Crippen MR) is 39.2 cm³/mol. The number of hydrogen-bond donors (Lipinski definition) is 1. The molecular weight excluding hydrogens is 96.9 g/mol. The second-order valence-electron chi connectivity index (χ2n) is 2.48. The molecule has 47 valence electrons. The van der Waals surface area contributed by atoms with Crippen molar-refractivity contribution in [2.45, 2.75) is 39.8 Å². The highest BCUT2D eigenvalue weighted by Crippen LogP contribution is 1.80. The van der Waals surface area contributed by atoms with E-state index in [0.29, 0.717) is 12.1 Å². The van der Waals surface area contributed by atoms with Crippen LogP contribution in [0.3, 0.4) is 0 Å². The summed E-state index contributed by atoms with van der Waals surface area (Å²) in [4.78, 5) is 0. The molecule has 0 saturated heterocycles. The van der Waals surface area contributed by atoms with E-state index in [1.807, 2.05) is 0 Å². The molecule has 0 atom stereocenters. The summed E-state index contributed by atoms with van der Waals surface area (Å²) in [5.74, 6) is 0. The highest BCUT2D eigenvalue weighted by atomic mass is 14.9. The van der Waals surface area contributed by atoms with Crippen LogP contribution < -0.4 is 5.32 Å². The first-order valence-corrected chi connectivity index (χ1v) is 2.89. The molecule has 8 heavy (non-hydrogen) atoms. The lowest BCUT2D eigenvalue weighted by atomic mass is 10.3. The van der Waals surface area contributed by atoms with E-state index in [1.165, 1.54) is 0 Å². The fourth-order valence-corrected chi connectivity index (χ4v) is 0.667. The van der Waals surface area contributed by atoms with Crippen molar-refractivity contribution in [1.82, 2.24) is 5.32 Å². The predicted octanol–water partition coefficient (Wildman–Crippen LogP) is 1.01. The summed E-state index contributed by atoms with van der Waals surface area (Å²) in [6.45, 7) is 8.61. The fraction of sp³-hybridized carbons (Fsp3) is 1.00.